The molecule has 0 aliphatic rings. The molecule has 0 amide bonds. The van der Waals surface area contributed by atoms with Crippen molar-refractivity contribution in [3.05, 3.63) is 30.1 Å². The third kappa shape index (κ3) is 13.1. The molecule has 5 atom stereocenters. The van der Waals surface area contributed by atoms with Crippen molar-refractivity contribution in [2.45, 2.75) is 103 Å². The van der Waals surface area contributed by atoms with E-state index in [1.54, 1.807) is 0 Å². The summed E-state index contributed by atoms with van der Waals surface area (Å²) >= 11 is 0. The molecule has 0 spiro atoms. The second-order valence-corrected chi connectivity index (χ2v) is 9.34. The second-order valence-electron chi connectivity index (χ2n) is 9.34. The Bertz CT molecular complexity index is 592. The summed E-state index contributed by atoms with van der Waals surface area (Å²) in [6.07, 6.45) is 11.7. The summed E-state index contributed by atoms with van der Waals surface area (Å²) in [4.78, 5) is 9.56. The van der Waals surface area contributed by atoms with Crippen LogP contribution in [0.2, 0.25) is 0 Å². The first-order valence-corrected chi connectivity index (χ1v) is 12.9. The maximum Gasteiger partial charge on any atom is 0.156 e. The fraction of sp³-hybridized carbons (Fsp3) is 0.808. The molecule has 34 heavy (non-hydrogen) atoms. The number of aryl methyl sites for hydroxylation is 1. The van der Waals surface area contributed by atoms with Crippen molar-refractivity contribution in [1.82, 2.24) is 10.0 Å². The third-order valence-electron chi connectivity index (χ3n) is 6.23. The maximum absolute atomic E-state index is 9.98. The van der Waals surface area contributed by atoms with Crippen LogP contribution in [0.15, 0.2) is 24.5 Å². The number of hydroxylamine groups is 2. The van der Waals surface area contributed by atoms with E-state index in [4.69, 9.17) is 9.57 Å². The molecule has 3 unspecified atom stereocenters. The van der Waals surface area contributed by atoms with Gasteiger partial charge in [0.05, 0.1) is 26.4 Å². The topological polar surface area (TPSA) is 116 Å². The molecule has 0 saturated heterocycles. The van der Waals surface area contributed by atoms with Crippen LogP contribution in [0.25, 0.3) is 0 Å². The molecule has 0 fully saturated rings. The van der Waals surface area contributed by atoms with Gasteiger partial charge in [-0.05, 0) is 43.7 Å². The summed E-state index contributed by atoms with van der Waals surface area (Å²) in [6.45, 7) is 3.29. The van der Waals surface area contributed by atoms with E-state index in [1.807, 2.05) is 18.5 Å². The van der Waals surface area contributed by atoms with Gasteiger partial charge in [-0.15, -0.1) is 0 Å². The number of pyridine rings is 1. The Labute approximate surface area is 205 Å². The number of hydrogen-bond acceptors (Lipinski definition) is 8. The predicted octanol–water partition coefficient (Wildman–Crippen LogP) is 3.07. The quantitative estimate of drug-likeness (QED) is 0.120. The minimum absolute atomic E-state index is 0.333. The summed E-state index contributed by atoms with van der Waals surface area (Å²) in [7, 11) is 1.51. The molecule has 1 aromatic heterocycles. The van der Waals surface area contributed by atoms with Crippen LogP contribution >= 0.6 is 0 Å². The van der Waals surface area contributed by atoms with Crippen molar-refractivity contribution >= 4 is 0 Å². The van der Waals surface area contributed by atoms with E-state index in [0.717, 1.165) is 19.3 Å². The Kier molecular flexibility index (Phi) is 17.4. The summed E-state index contributed by atoms with van der Waals surface area (Å²) in [6, 6.07) is 4.14. The van der Waals surface area contributed by atoms with E-state index >= 15 is 0 Å². The largest absolute Gasteiger partial charge is 0.394 e. The second kappa shape index (κ2) is 19.1. The molecule has 4 N–H and O–H groups in total. The van der Waals surface area contributed by atoms with Gasteiger partial charge in [0.1, 0.15) is 12.2 Å². The lowest BCUT2D eigenvalue weighted by Gasteiger charge is -2.34. The lowest BCUT2D eigenvalue weighted by molar-refractivity contribution is -0.276. The van der Waals surface area contributed by atoms with E-state index in [2.05, 4.69) is 18.0 Å². The zero-order valence-electron chi connectivity index (χ0n) is 21.4. The number of nitrogens with zero attached hydrogens (tertiary/aromatic N) is 2. The van der Waals surface area contributed by atoms with Crippen LogP contribution in [-0.2, 0) is 16.0 Å². The van der Waals surface area contributed by atoms with Gasteiger partial charge in [0.15, 0.2) is 6.23 Å². The summed E-state index contributed by atoms with van der Waals surface area (Å²) in [5.41, 5.74) is 1.33. The van der Waals surface area contributed by atoms with E-state index in [0.29, 0.717) is 12.5 Å². The fourth-order valence-electron chi connectivity index (χ4n) is 4.08. The van der Waals surface area contributed by atoms with Gasteiger partial charge < -0.3 is 25.2 Å². The molecule has 1 aromatic rings. The monoisotopic (exact) mass is 484 g/mol. The highest BCUT2D eigenvalue weighted by Crippen LogP contribution is 2.17. The van der Waals surface area contributed by atoms with Crippen molar-refractivity contribution in [3.63, 3.8) is 0 Å². The predicted molar refractivity (Wildman–Crippen MR) is 133 cm³/mol. The van der Waals surface area contributed by atoms with Gasteiger partial charge in [0.2, 0.25) is 0 Å². The number of aliphatic hydroxyl groups is 4. The average Bonchev–Trinajstić information content (AvgIpc) is 2.85. The van der Waals surface area contributed by atoms with Gasteiger partial charge in [0.25, 0.3) is 0 Å². The van der Waals surface area contributed by atoms with Crippen molar-refractivity contribution in [1.29, 1.82) is 0 Å². The molecule has 198 valence electrons. The van der Waals surface area contributed by atoms with Gasteiger partial charge in [-0.3, -0.25) is 9.82 Å². The standard InChI is InChI=1S/C26H48N2O6/c1-21(18-28(33-3)25(20-30)34-24(19-29)26(32)22(2)31)13-10-8-6-4-5-7-9-11-14-23-15-12-16-27-17-23/h12,15-17,21-22,24-26,29-32H,4-11,13-14,18-20H2,1-3H3/t21?,22?,24?,25-,26+/m1/s1. The molecule has 8 heteroatoms. The van der Waals surface area contributed by atoms with E-state index in [9.17, 15) is 20.4 Å². The fourth-order valence-corrected chi connectivity index (χ4v) is 4.08. The summed E-state index contributed by atoms with van der Waals surface area (Å²) in [5.74, 6) is 0.333. The van der Waals surface area contributed by atoms with Gasteiger partial charge >= 0.3 is 0 Å². The molecular formula is C26H48N2O6. The van der Waals surface area contributed by atoms with Crippen LogP contribution in [0, 0.1) is 5.92 Å². The van der Waals surface area contributed by atoms with Crippen LogP contribution in [0.5, 0.6) is 0 Å². The van der Waals surface area contributed by atoms with E-state index < -0.39 is 31.1 Å². The van der Waals surface area contributed by atoms with Gasteiger partial charge in [-0.1, -0.05) is 57.9 Å². The Morgan fingerprint density at radius 2 is 1.59 bits per heavy atom. The highest BCUT2D eigenvalue weighted by Gasteiger charge is 2.30. The lowest BCUT2D eigenvalue weighted by atomic mass is 10.0. The van der Waals surface area contributed by atoms with Crippen molar-refractivity contribution in [2.75, 3.05) is 26.9 Å². The van der Waals surface area contributed by atoms with Gasteiger partial charge in [-0.2, -0.15) is 5.06 Å². The minimum atomic E-state index is -1.25. The highest BCUT2D eigenvalue weighted by atomic mass is 16.7. The number of aliphatic hydroxyl groups excluding tert-OH is 4. The Hall–Kier alpha value is -1.13. The van der Waals surface area contributed by atoms with Crippen LogP contribution in [0.3, 0.4) is 0 Å². The number of rotatable bonds is 21. The minimum Gasteiger partial charge on any atom is -0.394 e. The molecule has 1 rings (SSSR count). The molecular weight excluding hydrogens is 436 g/mol. The normalized spacial score (nSPS) is 16.4. The smallest absolute Gasteiger partial charge is 0.156 e. The SMILES string of the molecule is CON(CC(C)CCCCCCCCCCc1cccnc1)[C@@H](CO)OC(CO)[C@@H](O)C(C)O. The number of aromatic nitrogens is 1. The van der Waals surface area contributed by atoms with Crippen LogP contribution < -0.4 is 0 Å². The first-order chi connectivity index (χ1) is 16.4. The number of ether oxygens (including phenoxy) is 1. The molecule has 0 aliphatic carbocycles. The average molecular weight is 485 g/mol. The lowest BCUT2D eigenvalue weighted by Crippen LogP contribution is -2.49. The van der Waals surface area contributed by atoms with Crippen molar-refractivity contribution < 1.29 is 30.0 Å². The number of unbranched alkanes of at least 4 members (excludes halogenated alkanes) is 7. The zero-order valence-corrected chi connectivity index (χ0v) is 21.4. The first kappa shape index (κ1) is 30.9. The Balaban J connectivity index is 2.16. The molecule has 0 radical (unpaired) electrons. The molecule has 0 saturated carbocycles. The van der Waals surface area contributed by atoms with Crippen LogP contribution in [0.4, 0.5) is 0 Å². The molecule has 0 aromatic carbocycles. The molecule has 0 bridgehead atoms. The summed E-state index contributed by atoms with van der Waals surface area (Å²) in [5, 5.41) is 40.3. The van der Waals surface area contributed by atoms with Gasteiger partial charge in [-0.25, -0.2) is 0 Å². The van der Waals surface area contributed by atoms with Crippen LogP contribution in [-0.4, -0.2) is 81.9 Å². The maximum atomic E-state index is 9.98. The molecule has 1 heterocycles. The van der Waals surface area contributed by atoms with Gasteiger partial charge in [0, 0.05) is 18.9 Å². The molecule has 0 aliphatic heterocycles. The summed E-state index contributed by atoms with van der Waals surface area (Å²) < 4.78 is 5.64. The Morgan fingerprint density at radius 3 is 2.12 bits per heavy atom. The van der Waals surface area contributed by atoms with Crippen molar-refractivity contribution in [3.8, 4) is 0 Å². The number of hydrogen-bond donors (Lipinski definition) is 4. The zero-order chi connectivity index (χ0) is 25.2. The Morgan fingerprint density at radius 1 is 0.941 bits per heavy atom. The third-order valence-corrected chi connectivity index (χ3v) is 6.23. The highest BCUT2D eigenvalue weighted by molar-refractivity contribution is 5.08. The first-order valence-electron chi connectivity index (χ1n) is 12.9. The van der Waals surface area contributed by atoms with E-state index in [1.165, 1.54) is 69.6 Å². The van der Waals surface area contributed by atoms with Crippen molar-refractivity contribution in [2.24, 2.45) is 5.92 Å². The van der Waals surface area contributed by atoms with Crippen LogP contribution in [0.1, 0.15) is 77.2 Å². The molecule has 8 nitrogen and oxygen atoms in total. The van der Waals surface area contributed by atoms with E-state index in [-0.39, 0.29) is 6.61 Å².